The molecule has 0 aliphatic carbocycles. The molecule has 45 heavy (non-hydrogen) atoms. The van der Waals surface area contributed by atoms with Gasteiger partial charge in [-0.05, 0) is 92.6 Å². The second-order valence-electron chi connectivity index (χ2n) is 15.9. The zero-order valence-corrected chi connectivity index (χ0v) is 28.7. The Morgan fingerprint density at radius 3 is 1.38 bits per heavy atom. The van der Waals surface area contributed by atoms with Crippen molar-refractivity contribution in [3.63, 3.8) is 0 Å². The molecule has 0 bridgehead atoms. The van der Waals surface area contributed by atoms with Crippen LogP contribution in [0.3, 0.4) is 0 Å². The van der Waals surface area contributed by atoms with Gasteiger partial charge in [0.2, 0.25) is 6.71 Å². The van der Waals surface area contributed by atoms with E-state index in [-0.39, 0.29) is 17.5 Å². The van der Waals surface area contributed by atoms with Gasteiger partial charge in [-0.1, -0.05) is 147 Å². The highest BCUT2D eigenvalue weighted by atomic mass is 32.2. The third-order valence-electron chi connectivity index (χ3n) is 10.8. The molecule has 2 aliphatic heterocycles. The molecule has 0 unspecified atom stereocenters. The maximum atomic E-state index is 2.59. The molecule has 220 valence electrons. The lowest BCUT2D eigenvalue weighted by molar-refractivity contribution is 0.591. The van der Waals surface area contributed by atoms with Crippen LogP contribution >= 0.6 is 11.8 Å². The van der Waals surface area contributed by atoms with E-state index in [0.717, 1.165) is 0 Å². The van der Waals surface area contributed by atoms with Gasteiger partial charge >= 0.3 is 0 Å². The van der Waals surface area contributed by atoms with E-state index in [1.807, 2.05) is 11.8 Å². The highest BCUT2D eigenvalue weighted by Crippen LogP contribution is 2.53. The molecular weight excluding hydrogens is 559 g/mol. The summed E-state index contributed by atoms with van der Waals surface area (Å²) in [6, 6.07) is 29.1. The summed E-state index contributed by atoms with van der Waals surface area (Å²) in [5.41, 5.74) is 11.4. The third-order valence-corrected chi connectivity index (χ3v) is 11.9. The first-order valence-electron chi connectivity index (χ1n) is 16.5. The van der Waals surface area contributed by atoms with Crippen LogP contribution in [0.15, 0.2) is 82.6 Å². The molecule has 9 rings (SSSR count). The van der Waals surface area contributed by atoms with Crippen LogP contribution in [0.5, 0.6) is 0 Å². The second-order valence-corrected chi connectivity index (χ2v) is 17.0. The molecule has 7 aromatic rings. The van der Waals surface area contributed by atoms with E-state index in [1.165, 1.54) is 108 Å². The Kier molecular flexibility index (Phi) is 5.35. The Morgan fingerprint density at radius 1 is 0.489 bits per heavy atom. The molecular formula is C43H39BS. The van der Waals surface area contributed by atoms with E-state index >= 15 is 0 Å². The normalized spacial score (nSPS) is 14.2. The van der Waals surface area contributed by atoms with Crippen molar-refractivity contribution >= 4 is 88.7 Å². The van der Waals surface area contributed by atoms with Crippen LogP contribution in [0, 0.1) is 20.8 Å². The van der Waals surface area contributed by atoms with E-state index in [1.54, 1.807) is 0 Å². The Balaban J connectivity index is 1.66. The number of benzene rings is 7. The molecule has 0 N–H and O–H groups in total. The molecule has 7 aromatic carbocycles. The first-order valence-corrected chi connectivity index (χ1v) is 17.3. The summed E-state index contributed by atoms with van der Waals surface area (Å²) in [6.07, 6.45) is 0. The average Bonchev–Trinajstić information content (AvgIpc) is 2.97. The van der Waals surface area contributed by atoms with Crippen molar-refractivity contribution in [3.05, 3.63) is 101 Å². The molecule has 2 heteroatoms. The lowest BCUT2D eigenvalue weighted by atomic mass is 9.32. The van der Waals surface area contributed by atoms with Gasteiger partial charge in [0, 0.05) is 25.9 Å². The molecule has 2 aliphatic rings. The van der Waals surface area contributed by atoms with Crippen LogP contribution in [-0.2, 0) is 10.8 Å². The fourth-order valence-electron chi connectivity index (χ4n) is 8.82. The Morgan fingerprint density at radius 2 is 0.933 bits per heavy atom. The summed E-state index contributed by atoms with van der Waals surface area (Å²) >= 11 is 1.96. The van der Waals surface area contributed by atoms with Crippen LogP contribution in [0.25, 0.3) is 53.9 Å². The highest BCUT2D eigenvalue weighted by Gasteiger charge is 2.37. The van der Waals surface area contributed by atoms with Gasteiger partial charge in [0.25, 0.3) is 0 Å². The molecule has 0 saturated heterocycles. The topological polar surface area (TPSA) is 0 Å². The molecule has 0 atom stereocenters. The Labute approximate surface area is 271 Å². The van der Waals surface area contributed by atoms with Crippen molar-refractivity contribution in [2.45, 2.75) is 82.9 Å². The molecule has 0 amide bonds. The van der Waals surface area contributed by atoms with Crippen LogP contribution in [0.4, 0.5) is 0 Å². The van der Waals surface area contributed by atoms with E-state index in [4.69, 9.17) is 0 Å². The molecule has 0 nitrogen and oxygen atoms in total. The van der Waals surface area contributed by atoms with Gasteiger partial charge in [-0.15, -0.1) is 0 Å². The molecule has 0 radical (unpaired) electrons. The van der Waals surface area contributed by atoms with E-state index in [0.29, 0.717) is 0 Å². The minimum Gasteiger partial charge on any atom is -0.0887 e. The SMILES string of the molecule is Cc1cc(C)c(B2c3cc(C(C)(C)C)cc4c5cccc6c5c5c7c(cccc7c7cc(C(C)(C)C)cc2c7c5c34)S6)c(C)c1. The first-order chi connectivity index (χ1) is 21.3. The minimum absolute atomic E-state index is 0.0245. The molecule has 0 spiro atoms. The van der Waals surface area contributed by atoms with Crippen molar-refractivity contribution in [2.75, 3.05) is 0 Å². The van der Waals surface area contributed by atoms with Crippen molar-refractivity contribution in [3.8, 4) is 0 Å². The van der Waals surface area contributed by atoms with Crippen molar-refractivity contribution in [1.82, 2.24) is 0 Å². The van der Waals surface area contributed by atoms with E-state index in [9.17, 15) is 0 Å². The summed E-state index contributed by atoms with van der Waals surface area (Å²) in [6.45, 7) is 21.3. The maximum absolute atomic E-state index is 2.59. The maximum Gasteiger partial charge on any atom is 0.243 e. The predicted molar refractivity (Wildman–Crippen MR) is 201 cm³/mol. The predicted octanol–water partition coefficient (Wildman–Crippen LogP) is 10.3. The van der Waals surface area contributed by atoms with Crippen LogP contribution in [-0.4, -0.2) is 6.71 Å². The van der Waals surface area contributed by atoms with Gasteiger partial charge in [0.1, 0.15) is 0 Å². The van der Waals surface area contributed by atoms with Gasteiger partial charge in [-0.3, -0.25) is 0 Å². The third kappa shape index (κ3) is 3.58. The highest BCUT2D eigenvalue weighted by molar-refractivity contribution is 8.00. The zero-order chi connectivity index (χ0) is 31.3. The number of fused-ring (bicyclic) bond motifs is 2. The average molecular weight is 599 g/mol. The molecule has 0 fully saturated rings. The van der Waals surface area contributed by atoms with Gasteiger partial charge in [0.15, 0.2) is 0 Å². The largest absolute Gasteiger partial charge is 0.243 e. The Bertz CT molecular complexity index is 2340. The summed E-state index contributed by atoms with van der Waals surface area (Å²) in [7, 11) is 0. The summed E-state index contributed by atoms with van der Waals surface area (Å²) in [5, 5.41) is 14.4. The van der Waals surface area contributed by atoms with Crippen LogP contribution in [0.2, 0.25) is 0 Å². The van der Waals surface area contributed by atoms with Crippen molar-refractivity contribution < 1.29 is 0 Å². The van der Waals surface area contributed by atoms with Crippen LogP contribution < -0.4 is 16.4 Å². The van der Waals surface area contributed by atoms with Gasteiger partial charge < -0.3 is 0 Å². The lowest BCUT2D eigenvalue weighted by Gasteiger charge is -2.34. The molecule has 0 saturated carbocycles. The van der Waals surface area contributed by atoms with Gasteiger partial charge in [-0.25, -0.2) is 0 Å². The monoisotopic (exact) mass is 598 g/mol. The summed E-state index contributed by atoms with van der Waals surface area (Å²) < 4.78 is 0. The van der Waals surface area contributed by atoms with Crippen molar-refractivity contribution in [2.24, 2.45) is 0 Å². The van der Waals surface area contributed by atoms with Gasteiger partial charge in [-0.2, -0.15) is 0 Å². The quantitative estimate of drug-likeness (QED) is 0.134. The van der Waals surface area contributed by atoms with Gasteiger partial charge in [0.05, 0.1) is 0 Å². The van der Waals surface area contributed by atoms with E-state index in [2.05, 4.69) is 135 Å². The fraction of sp³-hybridized carbons (Fsp3) is 0.256. The standard InChI is InChI=1S/C43H39BS/c1-22-16-23(2)41(24(3)17-22)44-31-20-25(42(4,5)6)18-29-27-12-10-14-33-37(27)40-38-28(13-11-15-34(38)45-33)30-19-26(43(7,8)9)21-32(44)36(30)39(40)35(29)31/h10-21H,1-9H3. The second kappa shape index (κ2) is 8.74. The van der Waals surface area contributed by atoms with Crippen molar-refractivity contribution in [1.29, 1.82) is 0 Å². The number of hydrogen-bond donors (Lipinski definition) is 0. The molecule has 0 aromatic heterocycles. The number of rotatable bonds is 1. The van der Waals surface area contributed by atoms with Crippen LogP contribution in [0.1, 0.15) is 69.4 Å². The number of hydrogen-bond acceptors (Lipinski definition) is 1. The number of aryl methyl sites for hydroxylation is 3. The zero-order valence-electron chi connectivity index (χ0n) is 27.9. The lowest BCUT2D eigenvalue weighted by Crippen LogP contribution is -2.56. The summed E-state index contributed by atoms with van der Waals surface area (Å²) in [5.74, 6) is 0. The summed E-state index contributed by atoms with van der Waals surface area (Å²) in [4.78, 5) is 2.77. The van der Waals surface area contributed by atoms with E-state index < -0.39 is 0 Å². The fourth-order valence-corrected chi connectivity index (χ4v) is 9.98. The Hall–Kier alpha value is -3.75. The first kappa shape index (κ1) is 27.6. The minimum atomic E-state index is 0.0245. The molecule has 2 heterocycles. The smallest absolute Gasteiger partial charge is 0.0887 e.